The standard InChI is InChI=1S/C13H20N4O/c1-8(12-6-7-14-17(12)5)15-9(2)13-10(3)16-18-11(13)4/h6-9,15H,1-5H3. The van der Waals surface area contributed by atoms with Crippen LogP contribution in [0.1, 0.15) is 48.6 Å². The van der Waals surface area contributed by atoms with E-state index >= 15 is 0 Å². The second kappa shape index (κ2) is 4.94. The van der Waals surface area contributed by atoms with Crippen molar-refractivity contribution in [1.29, 1.82) is 0 Å². The van der Waals surface area contributed by atoms with Gasteiger partial charge in [-0.15, -0.1) is 0 Å². The third-order valence-corrected chi connectivity index (χ3v) is 3.32. The fraction of sp³-hybridized carbons (Fsp3) is 0.538. The van der Waals surface area contributed by atoms with Gasteiger partial charge in [-0.05, 0) is 33.8 Å². The van der Waals surface area contributed by atoms with E-state index in [0.717, 1.165) is 22.7 Å². The number of nitrogens with zero attached hydrogens (tertiary/aromatic N) is 3. The normalized spacial score (nSPS) is 14.7. The number of aryl methyl sites for hydroxylation is 3. The summed E-state index contributed by atoms with van der Waals surface area (Å²) >= 11 is 0. The monoisotopic (exact) mass is 248 g/mol. The Bertz CT molecular complexity index is 509. The average Bonchev–Trinajstić information content (AvgIpc) is 2.85. The zero-order valence-electron chi connectivity index (χ0n) is 11.6. The van der Waals surface area contributed by atoms with Gasteiger partial charge < -0.3 is 9.84 Å². The third kappa shape index (κ3) is 2.31. The van der Waals surface area contributed by atoms with Crippen LogP contribution in [-0.2, 0) is 7.05 Å². The van der Waals surface area contributed by atoms with Gasteiger partial charge in [-0.2, -0.15) is 5.10 Å². The second-order valence-electron chi connectivity index (χ2n) is 4.73. The summed E-state index contributed by atoms with van der Waals surface area (Å²) in [4.78, 5) is 0. The summed E-state index contributed by atoms with van der Waals surface area (Å²) in [5.74, 6) is 0.879. The summed E-state index contributed by atoms with van der Waals surface area (Å²) in [7, 11) is 1.95. The highest BCUT2D eigenvalue weighted by molar-refractivity contribution is 5.24. The Balaban J connectivity index is 2.13. The zero-order chi connectivity index (χ0) is 13.3. The molecule has 2 aromatic heterocycles. The van der Waals surface area contributed by atoms with E-state index in [4.69, 9.17) is 4.52 Å². The van der Waals surface area contributed by atoms with E-state index < -0.39 is 0 Å². The molecule has 0 saturated heterocycles. The van der Waals surface area contributed by atoms with E-state index in [-0.39, 0.29) is 12.1 Å². The summed E-state index contributed by atoms with van der Waals surface area (Å²) < 4.78 is 7.09. The van der Waals surface area contributed by atoms with Gasteiger partial charge in [0.15, 0.2) is 0 Å². The first kappa shape index (κ1) is 12.8. The summed E-state index contributed by atoms with van der Waals surface area (Å²) in [6.07, 6.45) is 1.81. The Morgan fingerprint density at radius 2 is 2.00 bits per heavy atom. The Morgan fingerprint density at radius 1 is 1.28 bits per heavy atom. The van der Waals surface area contributed by atoms with Gasteiger partial charge in [0.05, 0.1) is 11.4 Å². The SMILES string of the molecule is Cc1noc(C)c1C(C)NC(C)c1ccnn1C. The topological polar surface area (TPSA) is 55.9 Å². The average molecular weight is 248 g/mol. The minimum Gasteiger partial charge on any atom is -0.361 e. The molecule has 0 aliphatic rings. The molecule has 0 aliphatic heterocycles. The minimum absolute atomic E-state index is 0.196. The van der Waals surface area contributed by atoms with Gasteiger partial charge >= 0.3 is 0 Å². The van der Waals surface area contributed by atoms with Crippen LogP contribution >= 0.6 is 0 Å². The second-order valence-corrected chi connectivity index (χ2v) is 4.73. The van der Waals surface area contributed by atoms with Crippen molar-refractivity contribution < 1.29 is 4.52 Å². The maximum Gasteiger partial charge on any atom is 0.138 e. The molecular weight excluding hydrogens is 228 g/mol. The van der Waals surface area contributed by atoms with Crippen LogP contribution in [-0.4, -0.2) is 14.9 Å². The van der Waals surface area contributed by atoms with Gasteiger partial charge in [-0.3, -0.25) is 4.68 Å². The van der Waals surface area contributed by atoms with Crippen LogP contribution in [0.2, 0.25) is 0 Å². The van der Waals surface area contributed by atoms with Gasteiger partial charge in [-0.1, -0.05) is 5.16 Å². The highest BCUT2D eigenvalue weighted by Crippen LogP contribution is 2.24. The summed E-state index contributed by atoms with van der Waals surface area (Å²) in [6, 6.07) is 2.44. The maximum absolute atomic E-state index is 5.20. The molecule has 2 unspecified atom stereocenters. The van der Waals surface area contributed by atoms with Crippen molar-refractivity contribution in [3.05, 3.63) is 35.0 Å². The lowest BCUT2D eigenvalue weighted by atomic mass is 10.1. The summed E-state index contributed by atoms with van der Waals surface area (Å²) in [5, 5.41) is 11.7. The third-order valence-electron chi connectivity index (χ3n) is 3.32. The Hall–Kier alpha value is -1.62. The Kier molecular flexibility index (Phi) is 3.52. The molecule has 5 heteroatoms. The predicted octanol–water partition coefficient (Wildman–Crippen LogP) is 2.44. The van der Waals surface area contributed by atoms with Crippen LogP contribution in [0, 0.1) is 13.8 Å². The molecular formula is C13H20N4O. The van der Waals surface area contributed by atoms with Gasteiger partial charge in [0, 0.05) is 30.9 Å². The summed E-state index contributed by atoms with van der Waals surface area (Å²) in [6.45, 7) is 8.17. The first-order chi connectivity index (χ1) is 8.50. The first-order valence-corrected chi connectivity index (χ1v) is 6.17. The molecule has 98 valence electrons. The molecule has 18 heavy (non-hydrogen) atoms. The quantitative estimate of drug-likeness (QED) is 0.903. The van der Waals surface area contributed by atoms with Crippen molar-refractivity contribution in [3.8, 4) is 0 Å². The fourth-order valence-corrected chi connectivity index (χ4v) is 2.46. The maximum atomic E-state index is 5.20. The molecule has 0 aliphatic carbocycles. The van der Waals surface area contributed by atoms with E-state index in [1.165, 1.54) is 0 Å². The van der Waals surface area contributed by atoms with Crippen LogP contribution in [0.25, 0.3) is 0 Å². The summed E-state index contributed by atoms with van der Waals surface area (Å²) in [5.41, 5.74) is 3.25. The molecule has 0 amide bonds. The molecule has 2 heterocycles. The molecule has 0 spiro atoms. The molecule has 1 N–H and O–H groups in total. The number of hydrogen-bond donors (Lipinski definition) is 1. The van der Waals surface area contributed by atoms with Crippen molar-refractivity contribution in [1.82, 2.24) is 20.3 Å². The van der Waals surface area contributed by atoms with E-state index in [9.17, 15) is 0 Å². The minimum atomic E-state index is 0.196. The molecule has 0 aromatic carbocycles. The van der Waals surface area contributed by atoms with Crippen LogP contribution in [0.5, 0.6) is 0 Å². The smallest absolute Gasteiger partial charge is 0.138 e. The predicted molar refractivity (Wildman–Crippen MR) is 69.2 cm³/mol. The van der Waals surface area contributed by atoms with E-state index in [2.05, 4.69) is 29.4 Å². The highest BCUT2D eigenvalue weighted by Gasteiger charge is 2.19. The van der Waals surface area contributed by atoms with Gasteiger partial charge in [0.2, 0.25) is 0 Å². The van der Waals surface area contributed by atoms with E-state index in [1.54, 1.807) is 0 Å². The van der Waals surface area contributed by atoms with E-state index in [1.807, 2.05) is 37.8 Å². The van der Waals surface area contributed by atoms with Gasteiger partial charge in [0.1, 0.15) is 5.76 Å². The fourth-order valence-electron chi connectivity index (χ4n) is 2.46. The first-order valence-electron chi connectivity index (χ1n) is 6.17. The zero-order valence-corrected chi connectivity index (χ0v) is 11.6. The van der Waals surface area contributed by atoms with Crippen molar-refractivity contribution in [3.63, 3.8) is 0 Å². The molecule has 2 rings (SSSR count). The number of hydrogen-bond acceptors (Lipinski definition) is 4. The number of aromatic nitrogens is 3. The molecule has 0 fully saturated rings. The van der Waals surface area contributed by atoms with Crippen LogP contribution in [0.15, 0.2) is 16.8 Å². The Labute approximate surface area is 107 Å². The molecule has 0 radical (unpaired) electrons. The van der Waals surface area contributed by atoms with Crippen LogP contribution < -0.4 is 5.32 Å². The van der Waals surface area contributed by atoms with Crippen molar-refractivity contribution in [2.45, 2.75) is 39.8 Å². The highest BCUT2D eigenvalue weighted by atomic mass is 16.5. The van der Waals surface area contributed by atoms with Crippen LogP contribution in [0.3, 0.4) is 0 Å². The molecule has 0 saturated carbocycles. The number of rotatable bonds is 4. The van der Waals surface area contributed by atoms with Crippen molar-refractivity contribution in [2.24, 2.45) is 7.05 Å². The lowest BCUT2D eigenvalue weighted by molar-refractivity contribution is 0.389. The molecule has 2 atom stereocenters. The molecule has 5 nitrogen and oxygen atoms in total. The van der Waals surface area contributed by atoms with Gasteiger partial charge in [-0.25, -0.2) is 0 Å². The van der Waals surface area contributed by atoms with Crippen molar-refractivity contribution >= 4 is 0 Å². The molecule has 2 aromatic rings. The van der Waals surface area contributed by atoms with Crippen molar-refractivity contribution in [2.75, 3.05) is 0 Å². The lowest BCUT2D eigenvalue weighted by Gasteiger charge is -2.20. The number of nitrogens with one attached hydrogen (secondary N) is 1. The molecule has 0 bridgehead atoms. The largest absolute Gasteiger partial charge is 0.361 e. The van der Waals surface area contributed by atoms with E-state index in [0.29, 0.717) is 0 Å². The lowest BCUT2D eigenvalue weighted by Crippen LogP contribution is -2.24. The Morgan fingerprint density at radius 3 is 2.50 bits per heavy atom. The van der Waals surface area contributed by atoms with Gasteiger partial charge in [0.25, 0.3) is 0 Å². The van der Waals surface area contributed by atoms with Crippen LogP contribution in [0.4, 0.5) is 0 Å².